The van der Waals surface area contributed by atoms with E-state index < -0.39 is 0 Å². The van der Waals surface area contributed by atoms with Crippen molar-refractivity contribution < 1.29 is 9.18 Å². The number of aromatic amines is 1. The minimum absolute atomic E-state index is 0.0363. The van der Waals surface area contributed by atoms with Gasteiger partial charge in [-0.1, -0.05) is 18.2 Å². The van der Waals surface area contributed by atoms with Crippen LogP contribution in [0.2, 0.25) is 0 Å². The number of piperazine rings is 1. The molecule has 1 atom stereocenters. The number of imidazole rings is 1. The average molecular weight is 461 g/mol. The molecule has 9 nitrogen and oxygen atoms in total. The fourth-order valence-electron chi connectivity index (χ4n) is 4.13. The van der Waals surface area contributed by atoms with Crippen molar-refractivity contribution in [2.24, 2.45) is 0 Å². The molecule has 4 N–H and O–H groups in total. The van der Waals surface area contributed by atoms with Gasteiger partial charge in [-0.2, -0.15) is 9.97 Å². The molecule has 2 aromatic carbocycles. The largest absolute Gasteiger partial charge is 0.368 e. The molecule has 3 heterocycles. The lowest BCUT2D eigenvalue weighted by Gasteiger charge is -2.38. The van der Waals surface area contributed by atoms with E-state index in [1.54, 1.807) is 12.1 Å². The Morgan fingerprint density at radius 2 is 1.74 bits per heavy atom. The Hall–Kier alpha value is -4.05. The zero-order chi connectivity index (χ0) is 23.7. The van der Waals surface area contributed by atoms with Crippen molar-refractivity contribution in [3.63, 3.8) is 0 Å². The molecule has 1 amide bonds. The highest BCUT2D eigenvalue weighted by Gasteiger charge is 2.28. The van der Waals surface area contributed by atoms with Gasteiger partial charge in [0.25, 0.3) is 0 Å². The summed E-state index contributed by atoms with van der Waals surface area (Å²) in [6.07, 6.45) is 0. The zero-order valence-electron chi connectivity index (χ0n) is 18.7. The smallest absolute Gasteiger partial charge is 0.241 e. The van der Waals surface area contributed by atoms with E-state index in [1.165, 1.54) is 12.1 Å². The number of nitrogen functional groups attached to an aromatic ring is 1. The van der Waals surface area contributed by atoms with Crippen LogP contribution in [0.25, 0.3) is 22.6 Å². The second-order valence-electron chi connectivity index (χ2n) is 8.25. The number of nitrogens with two attached hydrogens (primary N) is 1. The summed E-state index contributed by atoms with van der Waals surface area (Å²) in [5, 5.41) is 2.97. The molecule has 1 unspecified atom stereocenters. The monoisotopic (exact) mass is 460 g/mol. The maximum atomic E-state index is 13.3. The van der Waals surface area contributed by atoms with E-state index in [-0.39, 0.29) is 23.7 Å². The first-order chi connectivity index (χ1) is 16.5. The number of nitrogens with zero attached hydrogens (tertiary/aromatic N) is 5. The third-order valence-electron chi connectivity index (χ3n) is 6.05. The predicted molar refractivity (Wildman–Crippen MR) is 130 cm³/mol. The summed E-state index contributed by atoms with van der Waals surface area (Å²) in [6.45, 7) is 4.62. The van der Waals surface area contributed by atoms with Crippen molar-refractivity contribution in [3.8, 4) is 11.4 Å². The Kier molecular flexibility index (Phi) is 5.81. The molecular weight excluding hydrogens is 435 g/mol. The van der Waals surface area contributed by atoms with Crippen LogP contribution in [0.3, 0.4) is 0 Å². The number of amides is 1. The van der Waals surface area contributed by atoms with E-state index in [0.717, 1.165) is 11.3 Å². The van der Waals surface area contributed by atoms with Gasteiger partial charge in [-0.15, -0.1) is 0 Å². The van der Waals surface area contributed by atoms with E-state index >= 15 is 0 Å². The standard InChI is InChI=1S/C24H25FN8O/c1-15(23(34)27-18-5-3-2-4-6-18)32-11-13-33(14-12-32)22-19-21(30-24(26)31-22)29-20(28-19)16-7-9-17(25)10-8-16/h2-10,15H,11-14H2,1H3,(H,27,34)(H3,26,28,29,30,31). The number of anilines is 3. The summed E-state index contributed by atoms with van der Waals surface area (Å²) in [4.78, 5) is 33.5. The molecule has 1 aliphatic heterocycles. The SMILES string of the molecule is CC(C(=O)Nc1ccccc1)N1CCN(c2nc(N)nc3nc(-c4ccc(F)cc4)[nH]c23)CC1. The van der Waals surface area contributed by atoms with Crippen molar-refractivity contribution in [2.75, 3.05) is 42.1 Å². The highest BCUT2D eigenvalue weighted by atomic mass is 19.1. The summed E-state index contributed by atoms with van der Waals surface area (Å²) >= 11 is 0. The van der Waals surface area contributed by atoms with Gasteiger partial charge < -0.3 is 20.9 Å². The molecule has 1 saturated heterocycles. The van der Waals surface area contributed by atoms with Crippen LogP contribution in [0.5, 0.6) is 0 Å². The van der Waals surface area contributed by atoms with Crippen molar-refractivity contribution in [3.05, 3.63) is 60.4 Å². The predicted octanol–water partition coefficient (Wildman–Crippen LogP) is 2.89. The molecule has 0 saturated carbocycles. The fraction of sp³-hybridized carbons (Fsp3) is 0.250. The Bertz CT molecular complexity index is 1300. The molecule has 0 aliphatic carbocycles. The van der Waals surface area contributed by atoms with Gasteiger partial charge >= 0.3 is 0 Å². The Morgan fingerprint density at radius 3 is 2.44 bits per heavy atom. The number of halogens is 1. The minimum Gasteiger partial charge on any atom is -0.368 e. The first-order valence-electron chi connectivity index (χ1n) is 11.1. The molecule has 0 spiro atoms. The highest BCUT2D eigenvalue weighted by molar-refractivity contribution is 5.94. The molecular formula is C24H25FN8O. The van der Waals surface area contributed by atoms with Gasteiger partial charge in [0.1, 0.15) is 17.2 Å². The molecule has 34 heavy (non-hydrogen) atoms. The van der Waals surface area contributed by atoms with Gasteiger partial charge in [-0.05, 0) is 43.3 Å². The van der Waals surface area contributed by atoms with Crippen LogP contribution < -0.4 is 16.0 Å². The number of benzene rings is 2. The van der Waals surface area contributed by atoms with E-state index in [2.05, 4.69) is 35.1 Å². The third kappa shape index (κ3) is 4.40. The topological polar surface area (TPSA) is 116 Å². The minimum atomic E-state index is -0.311. The molecule has 4 aromatic rings. The number of para-hydroxylation sites is 1. The maximum Gasteiger partial charge on any atom is 0.241 e. The average Bonchev–Trinajstić information content (AvgIpc) is 3.28. The van der Waals surface area contributed by atoms with Crippen LogP contribution in [-0.4, -0.2) is 63.0 Å². The number of carbonyl (C=O) groups excluding carboxylic acids is 1. The molecule has 10 heteroatoms. The molecule has 174 valence electrons. The van der Waals surface area contributed by atoms with E-state index in [9.17, 15) is 9.18 Å². The number of aromatic nitrogens is 4. The summed E-state index contributed by atoms with van der Waals surface area (Å²) in [5.74, 6) is 1.03. The van der Waals surface area contributed by atoms with Crippen molar-refractivity contribution in [2.45, 2.75) is 13.0 Å². The number of H-pyrrole nitrogens is 1. The quantitative estimate of drug-likeness (QED) is 0.419. The molecule has 2 aromatic heterocycles. The summed E-state index contributed by atoms with van der Waals surface area (Å²) in [5.41, 5.74) is 8.64. The first-order valence-corrected chi connectivity index (χ1v) is 11.1. The summed E-state index contributed by atoms with van der Waals surface area (Å²) < 4.78 is 13.3. The van der Waals surface area contributed by atoms with Gasteiger partial charge in [0, 0.05) is 37.4 Å². The number of rotatable bonds is 5. The van der Waals surface area contributed by atoms with Crippen LogP contribution in [0.1, 0.15) is 6.92 Å². The number of nitrogens with one attached hydrogen (secondary N) is 2. The van der Waals surface area contributed by atoms with Gasteiger partial charge in [0.15, 0.2) is 11.5 Å². The van der Waals surface area contributed by atoms with Gasteiger partial charge in [0.05, 0.1) is 6.04 Å². The lowest BCUT2D eigenvalue weighted by Crippen LogP contribution is -2.53. The highest BCUT2D eigenvalue weighted by Crippen LogP contribution is 2.27. The van der Waals surface area contributed by atoms with E-state index in [4.69, 9.17) is 5.73 Å². The molecule has 5 rings (SSSR count). The van der Waals surface area contributed by atoms with Gasteiger partial charge in [0.2, 0.25) is 11.9 Å². The van der Waals surface area contributed by atoms with Crippen LogP contribution in [0.15, 0.2) is 54.6 Å². The molecule has 1 fully saturated rings. The van der Waals surface area contributed by atoms with Gasteiger partial charge in [-0.25, -0.2) is 9.37 Å². The number of hydrogen-bond acceptors (Lipinski definition) is 7. The third-order valence-corrected chi connectivity index (χ3v) is 6.05. The van der Waals surface area contributed by atoms with Gasteiger partial charge in [-0.3, -0.25) is 9.69 Å². The second kappa shape index (κ2) is 9.06. The summed E-state index contributed by atoms with van der Waals surface area (Å²) in [7, 11) is 0. The zero-order valence-corrected chi connectivity index (χ0v) is 18.7. The van der Waals surface area contributed by atoms with E-state index in [1.807, 2.05) is 37.3 Å². The first kappa shape index (κ1) is 21.8. The van der Waals surface area contributed by atoms with Crippen LogP contribution in [-0.2, 0) is 4.79 Å². The second-order valence-corrected chi connectivity index (χ2v) is 8.25. The van der Waals surface area contributed by atoms with E-state index in [0.29, 0.717) is 49.0 Å². The fourth-order valence-corrected chi connectivity index (χ4v) is 4.13. The normalized spacial score (nSPS) is 15.4. The maximum absolute atomic E-state index is 13.3. The molecule has 0 bridgehead atoms. The molecule has 0 radical (unpaired) electrons. The van der Waals surface area contributed by atoms with Crippen LogP contribution in [0.4, 0.5) is 21.8 Å². The number of hydrogen-bond donors (Lipinski definition) is 3. The Balaban J connectivity index is 1.31. The Morgan fingerprint density at radius 1 is 1.03 bits per heavy atom. The number of fused-ring (bicyclic) bond motifs is 1. The van der Waals surface area contributed by atoms with Crippen LogP contribution in [0, 0.1) is 5.82 Å². The lowest BCUT2D eigenvalue weighted by molar-refractivity contribution is -0.120. The molecule has 1 aliphatic rings. The Labute approximate surface area is 195 Å². The summed E-state index contributed by atoms with van der Waals surface area (Å²) in [6, 6.07) is 15.3. The van der Waals surface area contributed by atoms with Crippen molar-refractivity contribution >= 4 is 34.5 Å². The van der Waals surface area contributed by atoms with Crippen LogP contribution >= 0.6 is 0 Å². The lowest BCUT2D eigenvalue weighted by atomic mass is 10.2. The van der Waals surface area contributed by atoms with Crippen molar-refractivity contribution in [1.29, 1.82) is 0 Å². The number of carbonyl (C=O) groups is 1. The van der Waals surface area contributed by atoms with Crippen molar-refractivity contribution in [1.82, 2.24) is 24.8 Å².